The highest BCUT2D eigenvalue weighted by atomic mass is 15.1. The molecule has 0 saturated heterocycles. The van der Waals surface area contributed by atoms with E-state index < -0.39 is 0 Å². The van der Waals surface area contributed by atoms with Gasteiger partial charge in [0.25, 0.3) is 0 Å². The third-order valence-electron chi connectivity index (χ3n) is 2.72. The van der Waals surface area contributed by atoms with Crippen LogP contribution in [0.2, 0.25) is 0 Å². The number of nitrogen functional groups attached to an aromatic ring is 2. The molecule has 0 aliphatic carbocycles. The van der Waals surface area contributed by atoms with E-state index in [0.717, 1.165) is 22.6 Å². The second-order valence-corrected chi connectivity index (χ2v) is 4.02. The number of nitrogens with two attached hydrogens (primary N) is 2. The van der Waals surface area contributed by atoms with Crippen molar-refractivity contribution in [1.29, 1.82) is 0 Å². The first-order valence-corrected chi connectivity index (χ1v) is 5.53. The molecule has 3 rings (SSSR count). The third kappa shape index (κ3) is 1.84. The lowest BCUT2D eigenvalue weighted by Crippen LogP contribution is -1.96. The molecule has 0 aliphatic rings. The number of anilines is 2. The van der Waals surface area contributed by atoms with E-state index in [1.54, 1.807) is 6.20 Å². The summed E-state index contributed by atoms with van der Waals surface area (Å²) in [6.07, 6.45) is 2.26. The number of benzene rings is 1. The molecule has 90 valence electrons. The van der Waals surface area contributed by atoms with Crippen LogP contribution < -0.4 is 11.5 Å². The second-order valence-electron chi connectivity index (χ2n) is 4.02. The van der Waals surface area contributed by atoms with Gasteiger partial charge in [-0.3, -0.25) is 0 Å². The summed E-state index contributed by atoms with van der Waals surface area (Å²) in [5.74, 6) is 1.02. The smallest absolute Gasteiger partial charge is 0.222 e. The van der Waals surface area contributed by atoms with Crippen molar-refractivity contribution < 1.29 is 0 Å². The SMILES string of the molecule is Nc1ncc2[nH]c(Cc3ccccc3N)nc2n1. The Labute approximate surface area is 103 Å². The molecular weight excluding hydrogens is 228 g/mol. The van der Waals surface area contributed by atoms with Crippen LogP contribution in [0.4, 0.5) is 11.6 Å². The lowest BCUT2D eigenvalue weighted by Gasteiger charge is -2.01. The Hall–Kier alpha value is -2.63. The predicted molar refractivity (Wildman–Crippen MR) is 69.8 cm³/mol. The molecule has 0 fully saturated rings. The van der Waals surface area contributed by atoms with E-state index in [4.69, 9.17) is 11.5 Å². The molecule has 6 heteroatoms. The quantitative estimate of drug-likeness (QED) is 0.582. The molecule has 1 aromatic carbocycles. The van der Waals surface area contributed by atoms with Crippen LogP contribution >= 0.6 is 0 Å². The molecule has 0 aliphatic heterocycles. The van der Waals surface area contributed by atoms with Gasteiger partial charge < -0.3 is 16.5 Å². The van der Waals surface area contributed by atoms with Crippen molar-refractivity contribution in [3.63, 3.8) is 0 Å². The molecule has 5 N–H and O–H groups in total. The molecule has 2 aromatic heterocycles. The molecule has 0 bridgehead atoms. The summed E-state index contributed by atoms with van der Waals surface area (Å²) in [5, 5.41) is 0. The van der Waals surface area contributed by atoms with Gasteiger partial charge >= 0.3 is 0 Å². The highest BCUT2D eigenvalue weighted by Crippen LogP contribution is 2.16. The fourth-order valence-electron chi connectivity index (χ4n) is 1.83. The normalized spacial score (nSPS) is 10.9. The average molecular weight is 240 g/mol. The van der Waals surface area contributed by atoms with Gasteiger partial charge in [0, 0.05) is 12.1 Å². The third-order valence-corrected chi connectivity index (χ3v) is 2.72. The zero-order valence-electron chi connectivity index (χ0n) is 9.59. The number of aromatic nitrogens is 4. The van der Waals surface area contributed by atoms with Crippen LogP contribution in [0.15, 0.2) is 30.5 Å². The van der Waals surface area contributed by atoms with Crippen LogP contribution in [0.5, 0.6) is 0 Å². The maximum atomic E-state index is 5.90. The van der Waals surface area contributed by atoms with Crippen molar-refractivity contribution in [2.45, 2.75) is 6.42 Å². The van der Waals surface area contributed by atoms with Gasteiger partial charge in [-0.15, -0.1) is 0 Å². The number of fused-ring (bicyclic) bond motifs is 1. The molecule has 0 unspecified atom stereocenters. The number of hydrogen-bond acceptors (Lipinski definition) is 5. The van der Waals surface area contributed by atoms with Crippen molar-refractivity contribution >= 4 is 22.8 Å². The Bertz CT molecular complexity index is 703. The number of nitrogens with zero attached hydrogens (tertiary/aromatic N) is 3. The van der Waals surface area contributed by atoms with Gasteiger partial charge in [0.1, 0.15) is 11.3 Å². The van der Waals surface area contributed by atoms with Gasteiger partial charge in [0.2, 0.25) is 5.95 Å². The van der Waals surface area contributed by atoms with Gasteiger partial charge in [-0.05, 0) is 11.6 Å². The minimum atomic E-state index is 0.222. The first kappa shape index (κ1) is 10.5. The van der Waals surface area contributed by atoms with Crippen molar-refractivity contribution in [2.75, 3.05) is 11.5 Å². The van der Waals surface area contributed by atoms with Crippen molar-refractivity contribution in [3.8, 4) is 0 Å². The number of para-hydroxylation sites is 1. The zero-order valence-corrected chi connectivity index (χ0v) is 9.59. The molecule has 0 saturated carbocycles. The van der Waals surface area contributed by atoms with Crippen LogP contribution in [0.25, 0.3) is 11.2 Å². The van der Waals surface area contributed by atoms with E-state index in [0.29, 0.717) is 12.1 Å². The number of rotatable bonds is 2. The van der Waals surface area contributed by atoms with Crippen LogP contribution in [0.3, 0.4) is 0 Å². The van der Waals surface area contributed by atoms with Crippen LogP contribution in [-0.4, -0.2) is 19.9 Å². The summed E-state index contributed by atoms with van der Waals surface area (Å²) in [6, 6.07) is 7.70. The van der Waals surface area contributed by atoms with E-state index in [9.17, 15) is 0 Å². The number of imidazole rings is 1. The molecule has 0 amide bonds. The van der Waals surface area contributed by atoms with Gasteiger partial charge in [0.15, 0.2) is 5.65 Å². The standard InChI is InChI=1S/C12H12N6/c13-8-4-2-1-3-7(8)5-10-16-9-6-15-12(14)18-11(9)17-10/h1-4,6H,5,13H2,(H3,14,15,16,17,18). The molecule has 6 nitrogen and oxygen atoms in total. The van der Waals surface area contributed by atoms with E-state index in [-0.39, 0.29) is 5.95 Å². The lowest BCUT2D eigenvalue weighted by atomic mass is 10.1. The summed E-state index contributed by atoms with van der Waals surface area (Å²) in [7, 11) is 0. The summed E-state index contributed by atoms with van der Waals surface area (Å²) in [4.78, 5) is 15.5. The summed E-state index contributed by atoms with van der Waals surface area (Å²) in [6.45, 7) is 0. The molecule has 0 atom stereocenters. The van der Waals surface area contributed by atoms with Crippen molar-refractivity contribution in [2.24, 2.45) is 0 Å². The maximum Gasteiger partial charge on any atom is 0.222 e. The summed E-state index contributed by atoms with van der Waals surface area (Å²) < 4.78 is 0. The summed E-state index contributed by atoms with van der Waals surface area (Å²) in [5.41, 5.74) is 14.5. The number of aromatic amines is 1. The first-order valence-electron chi connectivity index (χ1n) is 5.53. The molecule has 0 radical (unpaired) electrons. The van der Waals surface area contributed by atoms with E-state index in [1.165, 1.54) is 0 Å². The summed E-state index contributed by atoms with van der Waals surface area (Å²) >= 11 is 0. The Morgan fingerprint density at radius 2 is 1.94 bits per heavy atom. The minimum absolute atomic E-state index is 0.222. The van der Waals surface area contributed by atoms with Crippen molar-refractivity contribution in [3.05, 3.63) is 41.9 Å². The van der Waals surface area contributed by atoms with Crippen molar-refractivity contribution in [1.82, 2.24) is 19.9 Å². The fourth-order valence-corrected chi connectivity index (χ4v) is 1.83. The average Bonchev–Trinajstić information content (AvgIpc) is 2.73. The van der Waals surface area contributed by atoms with Gasteiger partial charge in [-0.2, -0.15) is 4.98 Å². The minimum Gasteiger partial charge on any atom is -0.398 e. The molecule has 0 spiro atoms. The lowest BCUT2D eigenvalue weighted by molar-refractivity contribution is 1.04. The van der Waals surface area contributed by atoms with E-state index in [1.807, 2.05) is 24.3 Å². The predicted octanol–water partition coefficient (Wildman–Crippen LogP) is 1.11. The van der Waals surface area contributed by atoms with Crippen LogP contribution in [0, 0.1) is 0 Å². The van der Waals surface area contributed by atoms with E-state index in [2.05, 4.69) is 19.9 Å². The molecule has 3 aromatic rings. The van der Waals surface area contributed by atoms with Crippen LogP contribution in [0.1, 0.15) is 11.4 Å². The van der Waals surface area contributed by atoms with Gasteiger partial charge in [-0.25, -0.2) is 9.97 Å². The largest absolute Gasteiger partial charge is 0.398 e. The van der Waals surface area contributed by atoms with Gasteiger partial charge in [0.05, 0.1) is 6.20 Å². The number of H-pyrrole nitrogens is 1. The Balaban J connectivity index is 1.98. The topological polar surface area (TPSA) is 106 Å². The maximum absolute atomic E-state index is 5.90. The number of hydrogen-bond donors (Lipinski definition) is 3. The highest BCUT2D eigenvalue weighted by molar-refractivity contribution is 5.70. The second kappa shape index (κ2) is 3.99. The Morgan fingerprint density at radius 1 is 1.11 bits per heavy atom. The molecule has 18 heavy (non-hydrogen) atoms. The Morgan fingerprint density at radius 3 is 2.78 bits per heavy atom. The van der Waals surface area contributed by atoms with E-state index >= 15 is 0 Å². The zero-order chi connectivity index (χ0) is 12.5. The molecular formula is C12H12N6. The highest BCUT2D eigenvalue weighted by Gasteiger charge is 2.07. The monoisotopic (exact) mass is 240 g/mol. The fraction of sp³-hybridized carbons (Fsp3) is 0.0833. The van der Waals surface area contributed by atoms with Gasteiger partial charge in [-0.1, -0.05) is 18.2 Å². The molecule has 2 heterocycles. The number of nitrogens with one attached hydrogen (secondary N) is 1. The van der Waals surface area contributed by atoms with Crippen LogP contribution in [-0.2, 0) is 6.42 Å². The Kier molecular flexibility index (Phi) is 2.33. The first-order chi connectivity index (χ1) is 8.72.